The summed E-state index contributed by atoms with van der Waals surface area (Å²) in [6, 6.07) is 12.0. The number of rotatable bonds is 3. The van der Waals surface area contributed by atoms with Crippen molar-refractivity contribution in [1.82, 2.24) is 4.57 Å². The van der Waals surface area contributed by atoms with Crippen LogP contribution in [0.3, 0.4) is 0 Å². The predicted octanol–water partition coefficient (Wildman–Crippen LogP) is 3.41. The summed E-state index contributed by atoms with van der Waals surface area (Å²) >= 11 is 0. The van der Waals surface area contributed by atoms with Crippen molar-refractivity contribution in [1.29, 1.82) is 0 Å². The van der Waals surface area contributed by atoms with Gasteiger partial charge in [0.2, 0.25) is 0 Å². The third-order valence-corrected chi connectivity index (χ3v) is 3.38. The summed E-state index contributed by atoms with van der Waals surface area (Å²) in [5.74, 6) is -0.866. The molecule has 0 spiro atoms. The van der Waals surface area contributed by atoms with E-state index < -0.39 is 5.97 Å². The first-order chi connectivity index (χ1) is 8.52. The molecule has 1 aromatic heterocycles. The first kappa shape index (κ1) is 12.4. The molecule has 0 amide bonds. The number of aromatic carboxylic acids is 1. The van der Waals surface area contributed by atoms with Gasteiger partial charge in [-0.25, -0.2) is 4.79 Å². The Morgan fingerprint density at radius 2 is 1.83 bits per heavy atom. The lowest BCUT2D eigenvalue weighted by molar-refractivity contribution is 0.0696. The van der Waals surface area contributed by atoms with Gasteiger partial charge in [-0.2, -0.15) is 0 Å². The quantitative estimate of drug-likeness (QED) is 0.897. The monoisotopic (exact) mass is 243 g/mol. The van der Waals surface area contributed by atoms with E-state index in [4.69, 9.17) is 5.11 Å². The molecule has 0 radical (unpaired) electrons. The SMILES string of the molecule is Cc1cc(C(=O)O)c(C)n1C(C)c1ccccc1. The summed E-state index contributed by atoms with van der Waals surface area (Å²) in [7, 11) is 0. The van der Waals surface area contributed by atoms with E-state index in [-0.39, 0.29) is 6.04 Å². The van der Waals surface area contributed by atoms with Crippen molar-refractivity contribution >= 4 is 5.97 Å². The van der Waals surface area contributed by atoms with Crippen LogP contribution in [0.2, 0.25) is 0 Å². The van der Waals surface area contributed by atoms with E-state index in [1.165, 1.54) is 5.56 Å². The molecule has 2 aromatic rings. The van der Waals surface area contributed by atoms with E-state index in [1.54, 1.807) is 6.07 Å². The molecule has 0 aliphatic rings. The number of nitrogens with zero attached hydrogens (tertiary/aromatic N) is 1. The molecule has 94 valence electrons. The maximum atomic E-state index is 11.1. The molecule has 2 rings (SSSR count). The highest BCUT2D eigenvalue weighted by Gasteiger charge is 2.18. The number of carboxylic acids is 1. The molecule has 3 heteroatoms. The van der Waals surface area contributed by atoms with E-state index >= 15 is 0 Å². The predicted molar refractivity (Wildman–Crippen MR) is 71.1 cm³/mol. The molecule has 1 heterocycles. The summed E-state index contributed by atoms with van der Waals surface area (Å²) in [6.07, 6.45) is 0. The van der Waals surface area contributed by atoms with Crippen molar-refractivity contribution < 1.29 is 9.90 Å². The van der Waals surface area contributed by atoms with Crippen LogP contribution in [-0.4, -0.2) is 15.6 Å². The third kappa shape index (κ3) is 2.04. The van der Waals surface area contributed by atoms with Crippen molar-refractivity contribution in [3.05, 3.63) is 58.9 Å². The van der Waals surface area contributed by atoms with E-state index in [1.807, 2.05) is 32.0 Å². The van der Waals surface area contributed by atoms with Gasteiger partial charge in [0.1, 0.15) is 0 Å². The van der Waals surface area contributed by atoms with Crippen LogP contribution >= 0.6 is 0 Å². The minimum Gasteiger partial charge on any atom is -0.478 e. The molecule has 1 aromatic carbocycles. The van der Waals surface area contributed by atoms with E-state index in [2.05, 4.69) is 23.6 Å². The highest BCUT2D eigenvalue weighted by Crippen LogP contribution is 2.25. The molecule has 1 atom stereocenters. The molecule has 0 bridgehead atoms. The molecule has 18 heavy (non-hydrogen) atoms. The normalized spacial score (nSPS) is 12.4. The molecule has 0 aliphatic heterocycles. The Morgan fingerprint density at radius 3 is 2.33 bits per heavy atom. The second-order valence-electron chi connectivity index (χ2n) is 4.55. The number of carbonyl (C=O) groups is 1. The molecule has 0 saturated carbocycles. The summed E-state index contributed by atoms with van der Waals surface area (Å²) in [5, 5.41) is 9.14. The Morgan fingerprint density at radius 1 is 1.22 bits per heavy atom. The minimum absolute atomic E-state index is 0.138. The van der Waals surface area contributed by atoms with Gasteiger partial charge in [0.25, 0.3) is 0 Å². The molecule has 0 saturated heterocycles. The largest absolute Gasteiger partial charge is 0.478 e. The number of aryl methyl sites for hydroxylation is 1. The molecular weight excluding hydrogens is 226 g/mol. The van der Waals surface area contributed by atoms with Crippen LogP contribution in [0.15, 0.2) is 36.4 Å². The Bertz CT molecular complexity index is 570. The lowest BCUT2D eigenvalue weighted by atomic mass is 10.1. The van der Waals surface area contributed by atoms with Crippen LogP contribution < -0.4 is 0 Å². The van der Waals surface area contributed by atoms with E-state index in [9.17, 15) is 4.79 Å². The fourth-order valence-corrected chi connectivity index (χ4v) is 2.47. The standard InChI is InChI=1S/C15H17NO2/c1-10-9-14(15(17)18)12(3)16(10)11(2)13-7-5-4-6-8-13/h4-9,11H,1-3H3,(H,17,18). The maximum Gasteiger partial charge on any atom is 0.337 e. The Hall–Kier alpha value is -2.03. The van der Waals surface area contributed by atoms with E-state index in [0.29, 0.717) is 5.56 Å². The van der Waals surface area contributed by atoms with Gasteiger partial charge >= 0.3 is 5.97 Å². The highest BCUT2D eigenvalue weighted by atomic mass is 16.4. The van der Waals surface area contributed by atoms with Crippen molar-refractivity contribution in [2.45, 2.75) is 26.8 Å². The zero-order valence-corrected chi connectivity index (χ0v) is 10.8. The Balaban J connectivity index is 2.49. The van der Waals surface area contributed by atoms with Crippen LogP contribution in [-0.2, 0) is 0 Å². The molecule has 0 aliphatic carbocycles. The zero-order valence-electron chi connectivity index (χ0n) is 10.8. The van der Waals surface area contributed by atoms with Crippen LogP contribution in [0.4, 0.5) is 0 Å². The maximum absolute atomic E-state index is 11.1. The zero-order chi connectivity index (χ0) is 13.3. The molecule has 1 unspecified atom stereocenters. The van der Waals surface area contributed by atoms with Crippen molar-refractivity contribution in [3.63, 3.8) is 0 Å². The summed E-state index contributed by atoms with van der Waals surface area (Å²) in [4.78, 5) is 11.1. The van der Waals surface area contributed by atoms with Gasteiger partial charge in [-0.05, 0) is 32.4 Å². The molecule has 1 N–H and O–H groups in total. The lowest BCUT2D eigenvalue weighted by Crippen LogP contribution is -2.11. The second kappa shape index (κ2) is 4.69. The average Bonchev–Trinajstić information content (AvgIpc) is 2.65. The van der Waals surface area contributed by atoms with Crippen LogP contribution in [0.5, 0.6) is 0 Å². The lowest BCUT2D eigenvalue weighted by Gasteiger charge is -2.19. The first-order valence-corrected chi connectivity index (χ1v) is 5.99. The number of benzene rings is 1. The summed E-state index contributed by atoms with van der Waals surface area (Å²) < 4.78 is 2.07. The third-order valence-electron chi connectivity index (χ3n) is 3.38. The minimum atomic E-state index is -0.866. The number of aromatic nitrogens is 1. The molecule has 3 nitrogen and oxygen atoms in total. The Kier molecular flexibility index (Phi) is 3.24. The average molecular weight is 243 g/mol. The van der Waals surface area contributed by atoms with Gasteiger partial charge in [-0.1, -0.05) is 30.3 Å². The van der Waals surface area contributed by atoms with Crippen LogP contribution in [0.1, 0.15) is 40.3 Å². The smallest absolute Gasteiger partial charge is 0.337 e. The summed E-state index contributed by atoms with van der Waals surface area (Å²) in [5.41, 5.74) is 3.34. The fourth-order valence-electron chi connectivity index (χ4n) is 2.47. The number of carboxylic acid groups (broad SMARTS) is 1. The molecular formula is C15H17NO2. The van der Waals surface area contributed by atoms with Crippen LogP contribution in [0, 0.1) is 13.8 Å². The van der Waals surface area contributed by atoms with Gasteiger partial charge in [0.05, 0.1) is 11.6 Å². The summed E-state index contributed by atoms with van der Waals surface area (Å²) in [6.45, 7) is 5.88. The second-order valence-corrected chi connectivity index (χ2v) is 4.55. The van der Waals surface area contributed by atoms with Crippen molar-refractivity contribution in [2.75, 3.05) is 0 Å². The first-order valence-electron chi connectivity index (χ1n) is 5.99. The number of hydrogen-bond acceptors (Lipinski definition) is 1. The van der Waals surface area contributed by atoms with Gasteiger partial charge in [0.15, 0.2) is 0 Å². The van der Waals surface area contributed by atoms with Gasteiger partial charge in [-0.3, -0.25) is 0 Å². The van der Waals surface area contributed by atoms with Gasteiger partial charge in [0, 0.05) is 11.4 Å². The van der Waals surface area contributed by atoms with Gasteiger partial charge < -0.3 is 9.67 Å². The van der Waals surface area contributed by atoms with E-state index in [0.717, 1.165) is 11.4 Å². The van der Waals surface area contributed by atoms with Crippen LogP contribution in [0.25, 0.3) is 0 Å². The molecule has 0 fully saturated rings. The highest BCUT2D eigenvalue weighted by molar-refractivity contribution is 5.89. The number of hydrogen-bond donors (Lipinski definition) is 1. The fraction of sp³-hybridized carbons (Fsp3) is 0.267. The van der Waals surface area contributed by atoms with Crippen molar-refractivity contribution in [3.8, 4) is 0 Å². The van der Waals surface area contributed by atoms with Gasteiger partial charge in [-0.15, -0.1) is 0 Å². The van der Waals surface area contributed by atoms with Crippen molar-refractivity contribution in [2.24, 2.45) is 0 Å². The topological polar surface area (TPSA) is 42.2 Å². The Labute approximate surface area is 107 Å².